The summed E-state index contributed by atoms with van der Waals surface area (Å²) in [5.41, 5.74) is -4.58. The lowest BCUT2D eigenvalue weighted by Gasteiger charge is -2.30. The molecule has 0 unspecified atom stereocenters. The molecule has 0 saturated carbocycles. The number of halogens is 3. The van der Waals surface area contributed by atoms with Crippen molar-refractivity contribution in [2.75, 3.05) is 19.3 Å². The van der Waals surface area contributed by atoms with Crippen molar-refractivity contribution in [3.8, 4) is 0 Å². The van der Waals surface area contributed by atoms with Crippen molar-refractivity contribution in [1.29, 1.82) is 0 Å². The molecule has 1 aliphatic rings. The molecule has 2 amide bonds. The summed E-state index contributed by atoms with van der Waals surface area (Å²) in [5, 5.41) is 3.88. The number of nitrogens with zero attached hydrogens (tertiary/aromatic N) is 3. The lowest BCUT2D eigenvalue weighted by Crippen LogP contribution is -2.44. The standard InChI is InChI=1S/C10H14F3N3O3S2/c1-6(2)16-4-7(20-5-8(16)17)14-19-9(18)15(3)21-10(11,12)13/h6H,4-5H2,1-3H3. The summed E-state index contributed by atoms with van der Waals surface area (Å²) in [7, 11) is 0.929. The first-order valence-electron chi connectivity index (χ1n) is 5.80. The minimum Gasteiger partial charge on any atom is -0.333 e. The van der Waals surface area contributed by atoms with E-state index in [1.165, 1.54) is 4.90 Å². The van der Waals surface area contributed by atoms with E-state index in [4.69, 9.17) is 0 Å². The van der Waals surface area contributed by atoms with Gasteiger partial charge in [0.15, 0.2) is 0 Å². The number of thioether (sulfide) groups is 1. The lowest BCUT2D eigenvalue weighted by molar-refractivity contribution is -0.129. The maximum Gasteiger partial charge on any atom is 0.461 e. The number of carbonyl (C=O) groups excluding carboxylic acids is 2. The Morgan fingerprint density at radius 2 is 2.14 bits per heavy atom. The molecule has 1 aliphatic heterocycles. The van der Waals surface area contributed by atoms with Gasteiger partial charge in [-0.2, -0.15) is 13.2 Å². The SMILES string of the molecule is CC(C)N1CC(=NOC(=O)N(C)SC(F)(F)F)SCC1=O. The van der Waals surface area contributed by atoms with Gasteiger partial charge in [0.2, 0.25) is 5.91 Å². The van der Waals surface area contributed by atoms with E-state index in [0.29, 0.717) is 9.35 Å². The summed E-state index contributed by atoms with van der Waals surface area (Å²) in [6, 6.07) is -0.0391. The highest BCUT2D eigenvalue weighted by Crippen LogP contribution is 2.32. The van der Waals surface area contributed by atoms with Crippen molar-refractivity contribution in [1.82, 2.24) is 9.21 Å². The maximum atomic E-state index is 12.1. The van der Waals surface area contributed by atoms with Crippen LogP contribution in [-0.2, 0) is 9.63 Å². The topological polar surface area (TPSA) is 62.2 Å². The van der Waals surface area contributed by atoms with Crippen LogP contribution in [0.3, 0.4) is 0 Å². The van der Waals surface area contributed by atoms with Crippen molar-refractivity contribution in [2.45, 2.75) is 25.4 Å². The number of rotatable bonds is 3. The Hall–Kier alpha value is -1.10. The fraction of sp³-hybridized carbons (Fsp3) is 0.700. The molecule has 0 radical (unpaired) electrons. The van der Waals surface area contributed by atoms with Crippen LogP contribution in [0.1, 0.15) is 13.8 Å². The summed E-state index contributed by atoms with van der Waals surface area (Å²) >= 11 is 0.469. The predicted octanol–water partition coefficient (Wildman–Crippen LogP) is 2.52. The van der Waals surface area contributed by atoms with Gasteiger partial charge in [0.1, 0.15) is 5.04 Å². The molecule has 120 valence electrons. The fourth-order valence-corrected chi connectivity index (χ4v) is 2.57. The normalized spacial score (nSPS) is 18.3. The van der Waals surface area contributed by atoms with Crippen molar-refractivity contribution in [2.24, 2.45) is 5.16 Å². The molecule has 6 nitrogen and oxygen atoms in total. The average Bonchev–Trinajstić information content (AvgIpc) is 2.34. The van der Waals surface area contributed by atoms with Crippen molar-refractivity contribution < 1.29 is 27.6 Å². The first-order valence-corrected chi connectivity index (χ1v) is 7.55. The summed E-state index contributed by atoms with van der Waals surface area (Å²) in [6.07, 6.45) is -1.24. The molecule has 0 atom stereocenters. The average molecular weight is 345 g/mol. The Labute approximate surface area is 128 Å². The van der Waals surface area contributed by atoms with Gasteiger partial charge in [0, 0.05) is 13.1 Å². The number of carbonyl (C=O) groups is 2. The number of hydrogen-bond donors (Lipinski definition) is 0. The Balaban J connectivity index is 2.56. The third kappa shape index (κ3) is 6.04. The molecule has 1 heterocycles. The quantitative estimate of drug-likeness (QED) is 0.447. The Morgan fingerprint density at radius 3 is 2.67 bits per heavy atom. The van der Waals surface area contributed by atoms with E-state index in [1.807, 2.05) is 13.8 Å². The molecule has 0 aromatic rings. The first kappa shape index (κ1) is 18.0. The minimum atomic E-state index is -4.58. The van der Waals surface area contributed by atoms with Gasteiger partial charge >= 0.3 is 11.6 Å². The zero-order valence-corrected chi connectivity index (χ0v) is 13.1. The second-order valence-electron chi connectivity index (χ2n) is 4.28. The van der Waals surface area contributed by atoms with Crippen LogP contribution in [0.25, 0.3) is 0 Å². The third-order valence-electron chi connectivity index (χ3n) is 2.33. The molecule has 0 bridgehead atoms. The number of alkyl halides is 3. The van der Waals surface area contributed by atoms with Crippen LogP contribution >= 0.6 is 23.7 Å². The van der Waals surface area contributed by atoms with Gasteiger partial charge in [0.05, 0.1) is 24.2 Å². The monoisotopic (exact) mass is 345 g/mol. The molecule has 1 fully saturated rings. The minimum absolute atomic E-state index is 0.0391. The first-order chi connectivity index (χ1) is 9.60. The summed E-state index contributed by atoms with van der Waals surface area (Å²) < 4.78 is 36.5. The highest BCUT2D eigenvalue weighted by atomic mass is 32.2. The summed E-state index contributed by atoms with van der Waals surface area (Å²) in [4.78, 5) is 28.9. The summed E-state index contributed by atoms with van der Waals surface area (Å²) in [6.45, 7) is 3.82. The van der Waals surface area contributed by atoms with Gasteiger partial charge in [-0.15, -0.1) is 0 Å². The van der Waals surface area contributed by atoms with E-state index >= 15 is 0 Å². The molecule has 0 N–H and O–H groups in total. The van der Waals surface area contributed by atoms with E-state index in [2.05, 4.69) is 9.99 Å². The zero-order valence-electron chi connectivity index (χ0n) is 11.5. The van der Waals surface area contributed by atoms with Crippen LogP contribution in [0.4, 0.5) is 18.0 Å². The molecule has 0 aliphatic carbocycles. The molecule has 0 spiro atoms. The van der Waals surface area contributed by atoms with Crippen LogP contribution in [-0.4, -0.2) is 57.1 Å². The van der Waals surface area contributed by atoms with Crippen molar-refractivity contribution in [3.63, 3.8) is 0 Å². The third-order valence-corrected chi connectivity index (χ3v) is 3.89. The predicted molar refractivity (Wildman–Crippen MR) is 74.6 cm³/mol. The highest BCUT2D eigenvalue weighted by molar-refractivity contribution is 8.14. The van der Waals surface area contributed by atoms with E-state index in [0.717, 1.165) is 18.8 Å². The van der Waals surface area contributed by atoms with Crippen LogP contribution in [0.15, 0.2) is 5.16 Å². The molecule has 21 heavy (non-hydrogen) atoms. The maximum absolute atomic E-state index is 12.1. The van der Waals surface area contributed by atoms with Crippen LogP contribution in [0.5, 0.6) is 0 Å². The Morgan fingerprint density at radius 1 is 1.52 bits per heavy atom. The van der Waals surface area contributed by atoms with E-state index < -0.39 is 23.5 Å². The van der Waals surface area contributed by atoms with E-state index in [9.17, 15) is 22.8 Å². The van der Waals surface area contributed by atoms with Gasteiger partial charge in [0.25, 0.3) is 0 Å². The molecular formula is C10H14F3N3O3S2. The Kier molecular flexibility index (Phi) is 6.20. The zero-order chi connectivity index (χ0) is 16.2. The van der Waals surface area contributed by atoms with Crippen LogP contribution in [0, 0.1) is 0 Å². The highest BCUT2D eigenvalue weighted by Gasteiger charge is 2.34. The lowest BCUT2D eigenvalue weighted by atomic mass is 10.3. The van der Waals surface area contributed by atoms with Gasteiger partial charge in [-0.25, -0.2) is 9.10 Å². The van der Waals surface area contributed by atoms with Crippen LogP contribution in [0.2, 0.25) is 0 Å². The molecule has 0 aromatic heterocycles. The molecule has 0 aromatic carbocycles. The summed E-state index contributed by atoms with van der Waals surface area (Å²) in [5.74, 6) is 0.0897. The largest absolute Gasteiger partial charge is 0.461 e. The van der Waals surface area contributed by atoms with E-state index in [-0.39, 0.29) is 24.2 Å². The van der Waals surface area contributed by atoms with Gasteiger partial charge < -0.3 is 4.90 Å². The van der Waals surface area contributed by atoms with Gasteiger partial charge in [-0.05, 0) is 13.8 Å². The van der Waals surface area contributed by atoms with Crippen molar-refractivity contribution in [3.05, 3.63) is 0 Å². The van der Waals surface area contributed by atoms with Gasteiger partial charge in [-0.3, -0.25) is 9.63 Å². The molecular weight excluding hydrogens is 331 g/mol. The molecule has 1 rings (SSSR count). The number of oxime groups is 1. The molecule has 1 saturated heterocycles. The second kappa shape index (κ2) is 7.25. The van der Waals surface area contributed by atoms with Crippen molar-refractivity contribution >= 4 is 40.8 Å². The van der Waals surface area contributed by atoms with Crippen LogP contribution < -0.4 is 0 Å². The number of amides is 2. The smallest absolute Gasteiger partial charge is 0.333 e. The van der Waals surface area contributed by atoms with E-state index in [1.54, 1.807) is 0 Å². The van der Waals surface area contributed by atoms with Gasteiger partial charge in [-0.1, -0.05) is 16.9 Å². The molecule has 11 heteroatoms. The second-order valence-corrected chi connectivity index (χ2v) is 6.52. The number of hydrogen-bond acceptors (Lipinski definition) is 6. The Bertz CT molecular complexity index is 443. The fourth-order valence-electron chi connectivity index (χ4n) is 1.37.